The molecular weight excluding hydrogens is 234 g/mol. The number of carbonyl (C=O) groups excluding carboxylic acids is 2. The van der Waals surface area contributed by atoms with Crippen LogP contribution in [0.2, 0.25) is 0 Å². The van der Waals surface area contributed by atoms with Crippen LogP contribution < -0.4 is 5.32 Å². The van der Waals surface area contributed by atoms with E-state index in [1.54, 1.807) is 19.9 Å². The predicted molar refractivity (Wildman–Crippen MR) is 66.4 cm³/mol. The molecule has 1 amide bonds. The van der Waals surface area contributed by atoms with E-state index in [2.05, 4.69) is 5.32 Å². The lowest BCUT2D eigenvalue weighted by atomic mass is 10.2. The fraction of sp³-hybridized carbons (Fsp3) is 0.538. The van der Waals surface area contributed by atoms with Gasteiger partial charge in [-0.05, 0) is 33.3 Å². The molecule has 0 radical (unpaired) electrons. The Morgan fingerprint density at radius 1 is 1.44 bits per heavy atom. The van der Waals surface area contributed by atoms with E-state index >= 15 is 0 Å². The summed E-state index contributed by atoms with van der Waals surface area (Å²) in [5, 5.41) is 2.72. The van der Waals surface area contributed by atoms with Crippen molar-refractivity contribution >= 4 is 11.9 Å². The van der Waals surface area contributed by atoms with Crippen LogP contribution in [0.1, 0.15) is 42.1 Å². The third kappa shape index (κ3) is 3.91. The number of nitrogens with one attached hydrogen (secondary N) is 1. The van der Waals surface area contributed by atoms with Crippen LogP contribution in [0.5, 0.6) is 0 Å². The van der Waals surface area contributed by atoms with Gasteiger partial charge >= 0.3 is 5.97 Å². The van der Waals surface area contributed by atoms with Gasteiger partial charge < -0.3 is 14.5 Å². The summed E-state index contributed by atoms with van der Waals surface area (Å²) < 4.78 is 10.1. The lowest BCUT2D eigenvalue weighted by Crippen LogP contribution is -2.35. The van der Waals surface area contributed by atoms with Gasteiger partial charge in [-0.1, -0.05) is 6.92 Å². The molecule has 0 unspecified atom stereocenters. The minimum atomic E-state index is -0.538. The van der Waals surface area contributed by atoms with Crippen LogP contribution in [0.25, 0.3) is 0 Å². The van der Waals surface area contributed by atoms with E-state index in [0.717, 1.165) is 6.42 Å². The van der Waals surface area contributed by atoms with Crippen molar-refractivity contribution in [2.24, 2.45) is 0 Å². The number of aryl methyl sites for hydroxylation is 2. The molecule has 0 aliphatic carbocycles. The molecule has 5 nitrogen and oxygen atoms in total. The second kappa shape index (κ2) is 6.23. The van der Waals surface area contributed by atoms with E-state index in [1.165, 1.54) is 0 Å². The zero-order chi connectivity index (χ0) is 13.7. The van der Waals surface area contributed by atoms with Gasteiger partial charge in [0.05, 0.1) is 0 Å². The number of hydrogen-bond donors (Lipinski definition) is 1. The number of esters is 1. The van der Waals surface area contributed by atoms with Crippen LogP contribution in [0.3, 0.4) is 0 Å². The molecule has 0 aromatic carbocycles. The lowest BCUT2D eigenvalue weighted by Gasteiger charge is -2.11. The molecule has 1 heterocycles. The largest absolute Gasteiger partial charge is 0.466 e. The molecule has 1 atom stereocenters. The fourth-order valence-corrected chi connectivity index (χ4v) is 1.46. The average Bonchev–Trinajstić information content (AvgIpc) is 2.65. The first kappa shape index (κ1) is 14.3. The van der Waals surface area contributed by atoms with Gasteiger partial charge in [0.15, 0.2) is 6.61 Å². The highest BCUT2D eigenvalue weighted by molar-refractivity contribution is 5.92. The Morgan fingerprint density at radius 2 is 2.11 bits per heavy atom. The molecule has 0 bridgehead atoms. The van der Waals surface area contributed by atoms with E-state index in [-0.39, 0.29) is 18.6 Å². The number of rotatable bonds is 5. The molecule has 100 valence electrons. The second-order valence-electron chi connectivity index (χ2n) is 4.28. The standard InChI is InChI=1S/C13H19NO4/c1-5-8(2)14-12(15)7-17-13(16)11-6-9(3)18-10(11)4/h6,8H,5,7H2,1-4H3,(H,14,15)/t8-/m1/s1. The molecule has 1 N–H and O–H groups in total. The van der Waals surface area contributed by atoms with E-state index in [1.807, 2.05) is 13.8 Å². The molecular formula is C13H19NO4. The highest BCUT2D eigenvalue weighted by Crippen LogP contribution is 2.14. The van der Waals surface area contributed by atoms with Gasteiger partial charge in [-0.3, -0.25) is 4.79 Å². The molecule has 1 rings (SSSR count). The summed E-state index contributed by atoms with van der Waals surface area (Å²) in [7, 11) is 0. The van der Waals surface area contributed by atoms with Crippen molar-refractivity contribution in [3.05, 3.63) is 23.2 Å². The zero-order valence-corrected chi connectivity index (χ0v) is 11.2. The van der Waals surface area contributed by atoms with E-state index in [0.29, 0.717) is 17.1 Å². The molecule has 0 spiro atoms. The lowest BCUT2D eigenvalue weighted by molar-refractivity contribution is -0.124. The van der Waals surface area contributed by atoms with Gasteiger partial charge in [0.1, 0.15) is 17.1 Å². The molecule has 18 heavy (non-hydrogen) atoms. The first-order valence-electron chi connectivity index (χ1n) is 5.97. The van der Waals surface area contributed by atoms with Gasteiger partial charge in [0.2, 0.25) is 0 Å². The summed E-state index contributed by atoms with van der Waals surface area (Å²) in [6, 6.07) is 1.68. The summed E-state index contributed by atoms with van der Waals surface area (Å²) in [5.41, 5.74) is 0.365. The Labute approximate surface area is 106 Å². The van der Waals surface area contributed by atoms with Crippen molar-refractivity contribution < 1.29 is 18.7 Å². The first-order valence-corrected chi connectivity index (χ1v) is 5.97. The Bertz CT molecular complexity index is 436. The molecule has 1 aromatic heterocycles. The predicted octanol–water partition coefficient (Wildman–Crippen LogP) is 1.97. The molecule has 0 saturated heterocycles. The van der Waals surface area contributed by atoms with Crippen LogP contribution in [0.15, 0.2) is 10.5 Å². The molecule has 1 aromatic rings. The molecule has 0 aliphatic heterocycles. The smallest absolute Gasteiger partial charge is 0.342 e. The average molecular weight is 253 g/mol. The maximum atomic E-state index is 11.7. The van der Waals surface area contributed by atoms with Crippen molar-refractivity contribution in [3.8, 4) is 0 Å². The quantitative estimate of drug-likeness (QED) is 0.814. The van der Waals surface area contributed by atoms with Gasteiger partial charge in [-0.2, -0.15) is 0 Å². The second-order valence-corrected chi connectivity index (χ2v) is 4.28. The Hall–Kier alpha value is -1.78. The maximum absolute atomic E-state index is 11.7. The van der Waals surface area contributed by atoms with Crippen LogP contribution in [0, 0.1) is 13.8 Å². The van der Waals surface area contributed by atoms with Crippen molar-refractivity contribution in [2.45, 2.75) is 40.2 Å². The summed E-state index contributed by atoms with van der Waals surface area (Å²) >= 11 is 0. The van der Waals surface area contributed by atoms with Gasteiger partial charge in [-0.15, -0.1) is 0 Å². The van der Waals surface area contributed by atoms with Crippen LogP contribution in [-0.2, 0) is 9.53 Å². The third-order valence-corrected chi connectivity index (χ3v) is 2.62. The number of amides is 1. The Kier molecular flexibility index (Phi) is 4.95. The summed E-state index contributed by atoms with van der Waals surface area (Å²) in [4.78, 5) is 23.1. The van der Waals surface area contributed by atoms with Crippen LogP contribution in [-0.4, -0.2) is 24.5 Å². The normalized spacial score (nSPS) is 12.0. The molecule has 0 aliphatic rings. The minimum Gasteiger partial charge on any atom is -0.466 e. The monoisotopic (exact) mass is 253 g/mol. The Morgan fingerprint density at radius 3 is 2.61 bits per heavy atom. The number of carbonyl (C=O) groups is 2. The summed E-state index contributed by atoms with van der Waals surface area (Å²) in [6.45, 7) is 7.02. The van der Waals surface area contributed by atoms with Crippen molar-refractivity contribution in [1.82, 2.24) is 5.32 Å². The molecule has 0 saturated carbocycles. The third-order valence-electron chi connectivity index (χ3n) is 2.62. The SMILES string of the molecule is CC[C@@H](C)NC(=O)COC(=O)c1cc(C)oc1C. The number of hydrogen-bond acceptors (Lipinski definition) is 4. The maximum Gasteiger partial charge on any atom is 0.342 e. The van der Waals surface area contributed by atoms with Gasteiger partial charge in [0, 0.05) is 6.04 Å². The number of ether oxygens (including phenoxy) is 1. The highest BCUT2D eigenvalue weighted by Gasteiger charge is 2.16. The van der Waals surface area contributed by atoms with Crippen molar-refractivity contribution in [3.63, 3.8) is 0 Å². The van der Waals surface area contributed by atoms with Crippen LogP contribution >= 0.6 is 0 Å². The summed E-state index contributed by atoms with van der Waals surface area (Å²) in [5.74, 6) is 0.308. The van der Waals surface area contributed by atoms with Crippen LogP contribution in [0.4, 0.5) is 0 Å². The zero-order valence-electron chi connectivity index (χ0n) is 11.2. The molecule has 0 fully saturated rings. The van der Waals surface area contributed by atoms with Crippen molar-refractivity contribution in [2.75, 3.05) is 6.61 Å². The summed E-state index contributed by atoms with van der Waals surface area (Å²) in [6.07, 6.45) is 0.833. The Balaban J connectivity index is 2.47. The van der Waals surface area contributed by atoms with Gasteiger partial charge in [-0.25, -0.2) is 4.79 Å². The van der Waals surface area contributed by atoms with E-state index in [4.69, 9.17) is 9.15 Å². The van der Waals surface area contributed by atoms with E-state index < -0.39 is 5.97 Å². The minimum absolute atomic E-state index is 0.0779. The van der Waals surface area contributed by atoms with Gasteiger partial charge in [0.25, 0.3) is 5.91 Å². The first-order chi connectivity index (χ1) is 8.43. The fourth-order valence-electron chi connectivity index (χ4n) is 1.46. The topological polar surface area (TPSA) is 68.5 Å². The highest BCUT2D eigenvalue weighted by atomic mass is 16.5. The molecule has 5 heteroatoms. The van der Waals surface area contributed by atoms with Crippen molar-refractivity contribution in [1.29, 1.82) is 0 Å². The van der Waals surface area contributed by atoms with E-state index in [9.17, 15) is 9.59 Å². The number of furan rings is 1.